The molecule has 2 atom stereocenters. The lowest BCUT2D eigenvalue weighted by Gasteiger charge is -2.30. The highest BCUT2D eigenvalue weighted by molar-refractivity contribution is 5.92. The number of nitrogens with zero attached hydrogens (tertiary/aromatic N) is 2. The average Bonchev–Trinajstić information content (AvgIpc) is 3.17. The van der Waals surface area contributed by atoms with Crippen LogP contribution in [0.4, 0.5) is 0 Å². The third-order valence-corrected chi connectivity index (χ3v) is 5.08. The van der Waals surface area contributed by atoms with Crippen LogP contribution in [0.1, 0.15) is 61.7 Å². The molecular weight excluding hydrogens is 338 g/mol. The maximum atomic E-state index is 12.5. The lowest BCUT2D eigenvalue weighted by Crippen LogP contribution is -2.49. The molecule has 1 amide bonds. The van der Waals surface area contributed by atoms with Crippen LogP contribution in [0.15, 0.2) is 42.6 Å². The van der Waals surface area contributed by atoms with Gasteiger partial charge in [-0.3, -0.25) is 9.48 Å². The van der Waals surface area contributed by atoms with Gasteiger partial charge in [0.1, 0.15) is 5.69 Å². The molecule has 2 unspecified atom stereocenters. The van der Waals surface area contributed by atoms with Crippen molar-refractivity contribution in [3.05, 3.63) is 53.9 Å². The van der Waals surface area contributed by atoms with E-state index in [4.69, 9.17) is 0 Å². The Labute approximate surface area is 161 Å². The van der Waals surface area contributed by atoms with Gasteiger partial charge in [0.2, 0.25) is 0 Å². The molecule has 1 aliphatic heterocycles. The molecule has 1 saturated heterocycles. The highest BCUT2D eigenvalue weighted by Crippen LogP contribution is 2.17. The summed E-state index contributed by atoms with van der Waals surface area (Å²) in [6.45, 7) is 8.84. The first-order valence-corrected chi connectivity index (χ1v) is 9.81. The molecule has 0 bridgehead atoms. The van der Waals surface area contributed by atoms with Crippen LogP contribution in [0.25, 0.3) is 0 Å². The van der Waals surface area contributed by atoms with Gasteiger partial charge in [-0.1, -0.05) is 30.3 Å². The predicted octanol–water partition coefficient (Wildman–Crippen LogP) is 2.67. The molecule has 6 heteroatoms. The lowest BCUT2D eigenvalue weighted by atomic mass is 10.0. The summed E-state index contributed by atoms with van der Waals surface area (Å²) in [5.74, 6) is -0.125. The van der Waals surface area contributed by atoms with Crippen LogP contribution in [0.2, 0.25) is 0 Å². The number of aromatic nitrogens is 2. The Bertz CT molecular complexity index is 734. The summed E-state index contributed by atoms with van der Waals surface area (Å²) in [6.07, 6.45) is 4.16. The normalized spacial score (nSPS) is 18.9. The van der Waals surface area contributed by atoms with Crippen molar-refractivity contribution in [2.45, 2.75) is 51.2 Å². The van der Waals surface area contributed by atoms with Gasteiger partial charge >= 0.3 is 0 Å². The van der Waals surface area contributed by atoms with Crippen molar-refractivity contribution in [3.8, 4) is 0 Å². The van der Waals surface area contributed by atoms with E-state index in [9.17, 15) is 4.79 Å². The van der Waals surface area contributed by atoms with Crippen molar-refractivity contribution in [1.29, 1.82) is 0 Å². The third-order valence-electron chi connectivity index (χ3n) is 5.08. The first-order valence-electron chi connectivity index (χ1n) is 9.81. The van der Waals surface area contributed by atoms with Gasteiger partial charge in [-0.25, -0.2) is 0 Å². The smallest absolute Gasteiger partial charge is 0.271 e. The quantitative estimate of drug-likeness (QED) is 0.702. The Morgan fingerprint density at radius 3 is 2.81 bits per heavy atom. The molecule has 6 nitrogen and oxygen atoms in total. The zero-order valence-electron chi connectivity index (χ0n) is 16.5. The Kier molecular flexibility index (Phi) is 6.29. The molecule has 1 aromatic heterocycles. The second-order valence-corrected chi connectivity index (χ2v) is 8.02. The van der Waals surface area contributed by atoms with Crippen LogP contribution in [-0.4, -0.2) is 40.9 Å². The van der Waals surface area contributed by atoms with Crippen molar-refractivity contribution in [2.24, 2.45) is 0 Å². The van der Waals surface area contributed by atoms with Crippen LogP contribution in [0, 0.1) is 0 Å². The van der Waals surface area contributed by atoms with Crippen molar-refractivity contribution in [3.63, 3.8) is 0 Å². The van der Waals surface area contributed by atoms with Gasteiger partial charge in [0.05, 0.1) is 6.04 Å². The maximum absolute atomic E-state index is 12.5. The predicted molar refractivity (Wildman–Crippen MR) is 108 cm³/mol. The van der Waals surface area contributed by atoms with Crippen LogP contribution in [0.3, 0.4) is 0 Å². The molecule has 0 saturated carbocycles. The van der Waals surface area contributed by atoms with Crippen molar-refractivity contribution >= 4 is 5.91 Å². The molecule has 2 aromatic rings. The molecule has 27 heavy (non-hydrogen) atoms. The van der Waals surface area contributed by atoms with Gasteiger partial charge in [0.15, 0.2) is 0 Å². The number of hydrogen-bond donors (Lipinski definition) is 3. The van der Waals surface area contributed by atoms with Crippen molar-refractivity contribution < 1.29 is 4.79 Å². The second-order valence-electron chi connectivity index (χ2n) is 8.02. The summed E-state index contributed by atoms with van der Waals surface area (Å²) in [4.78, 5) is 12.5. The zero-order valence-corrected chi connectivity index (χ0v) is 16.5. The molecule has 1 aromatic carbocycles. The van der Waals surface area contributed by atoms with Gasteiger partial charge in [-0.05, 0) is 51.8 Å². The van der Waals surface area contributed by atoms with E-state index in [-0.39, 0.29) is 17.5 Å². The van der Waals surface area contributed by atoms with E-state index in [1.807, 2.05) is 29.1 Å². The van der Waals surface area contributed by atoms with Gasteiger partial charge < -0.3 is 16.0 Å². The van der Waals surface area contributed by atoms with E-state index in [0.717, 1.165) is 25.9 Å². The fourth-order valence-corrected chi connectivity index (χ4v) is 3.58. The van der Waals surface area contributed by atoms with Crippen LogP contribution in [0.5, 0.6) is 0 Å². The third kappa shape index (κ3) is 5.40. The molecule has 2 heterocycles. The Hall–Kier alpha value is -2.18. The Morgan fingerprint density at radius 2 is 2.11 bits per heavy atom. The molecular formula is C21H31N5O. The van der Waals surface area contributed by atoms with Gasteiger partial charge in [0, 0.05) is 30.9 Å². The van der Waals surface area contributed by atoms with E-state index in [2.05, 4.69) is 54.0 Å². The Morgan fingerprint density at radius 1 is 1.33 bits per heavy atom. The summed E-state index contributed by atoms with van der Waals surface area (Å²) in [6, 6.07) is 12.7. The maximum Gasteiger partial charge on any atom is 0.271 e. The number of carbonyl (C=O) groups is 1. The van der Waals surface area contributed by atoms with Crippen LogP contribution < -0.4 is 16.0 Å². The summed E-state index contributed by atoms with van der Waals surface area (Å²) < 4.78 is 1.92. The number of amides is 1. The van der Waals surface area contributed by atoms with Crippen LogP contribution >= 0.6 is 0 Å². The summed E-state index contributed by atoms with van der Waals surface area (Å²) in [5.41, 5.74) is 1.48. The molecule has 3 N–H and O–H groups in total. The molecule has 0 spiro atoms. The summed E-state index contributed by atoms with van der Waals surface area (Å²) >= 11 is 0. The first-order chi connectivity index (χ1) is 12.9. The molecule has 3 rings (SSSR count). The van der Waals surface area contributed by atoms with E-state index in [1.54, 1.807) is 6.07 Å². The van der Waals surface area contributed by atoms with E-state index in [0.29, 0.717) is 18.3 Å². The number of benzene rings is 1. The minimum Gasteiger partial charge on any atom is -0.349 e. The number of piperidine rings is 1. The zero-order chi connectivity index (χ0) is 19.3. The average molecular weight is 370 g/mol. The minimum atomic E-state index is -0.235. The minimum absolute atomic E-state index is 0.125. The number of carbonyl (C=O) groups excluding carboxylic acids is 1. The molecule has 1 fully saturated rings. The molecule has 1 aliphatic rings. The highest BCUT2D eigenvalue weighted by Gasteiger charge is 2.23. The van der Waals surface area contributed by atoms with Crippen LogP contribution in [-0.2, 0) is 0 Å². The van der Waals surface area contributed by atoms with E-state index >= 15 is 0 Å². The van der Waals surface area contributed by atoms with Crippen molar-refractivity contribution in [1.82, 2.24) is 25.7 Å². The summed E-state index contributed by atoms with van der Waals surface area (Å²) in [5, 5.41) is 14.5. The van der Waals surface area contributed by atoms with E-state index in [1.165, 1.54) is 5.56 Å². The summed E-state index contributed by atoms with van der Waals surface area (Å²) in [7, 11) is 0. The van der Waals surface area contributed by atoms with Crippen molar-refractivity contribution in [2.75, 3.05) is 19.6 Å². The number of nitrogens with one attached hydrogen (secondary N) is 3. The first kappa shape index (κ1) is 19.6. The fourth-order valence-electron chi connectivity index (χ4n) is 3.58. The largest absolute Gasteiger partial charge is 0.349 e. The highest BCUT2D eigenvalue weighted by atomic mass is 16.1. The number of rotatable bonds is 7. The van der Waals surface area contributed by atoms with E-state index < -0.39 is 0 Å². The van der Waals surface area contributed by atoms with Gasteiger partial charge in [-0.15, -0.1) is 0 Å². The molecule has 146 valence electrons. The fraction of sp³-hybridized carbons (Fsp3) is 0.524. The molecule has 0 radical (unpaired) electrons. The SMILES string of the molecule is CC(NC(C)(C)CNC(=O)c1ccn(C2CCCNC2)n1)c1ccccc1. The number of hydrogen-bond acceptors (Lipinski definition) is 4. The Balaban J connectivity index is 1.52. The monoisotopic (exact) mass is 369 g/mol. The molecule has 0 aliphatic carbocycles. The topological polar surface area (TPSA) is 71.0 Å². The van der Waals surface area contributed by atoms with Gasteiger partial charge in [0.25, 0.3) is 5.91 Å². The standard InChI is InChI=1S/C21H31N5O/c1-16(17-8-5-4-6-9-17)24-21(2,3)15-23-20(27)19-11-13-26(25-19)18-10-7-12-22-14-18/h4-6,8-9,11,13,16,18,22,24H,7,10,12,14-15H2,1-3H3,(H,23,27). The second kappa shape index (κ2) is 8.67. The lowest BCUT2D eigenvalue weighted by molar-refractivity contribution is 0.0934. The van der Waals surface area contributed by atoms with Gasteiger partial charge in [-0.2, -0.15) is 5.10 Å².